The summed E-state index contributed by atoms with van der Waals surface area (Å²) in [5, 5.41) is 2.71. The number of anilines is 1. The number of benzene rings is 4. The number of rotatable bonds is 14. The van der Waals surface area contributed by atoms with Crippen molar-refractivity contribution in [2.24, 2.45) is 0 Å². The molecule has 10 heteroatoms. The van der Waals surface area contributed by atoms with Gasteiger partial charge in [0.2, 0.25) is 11.8 Å². The smallest absolute Gasteiger partial charge is 0.264 e. The molecule has 1 atom stereocenters. The number of para-hydroxylation sites is 2. The molecule has 0 heterocycles. The molecular formula is C35H39N3O5S2. The Kier molecular flexibility index (Phi) is 11.7. The van der Waals surface area contributed by atoms with Gasteiger partial charge in [-0.15, -0.1) is 11.8 Å². The molecule has 0 aliphatic heterocycles. The highest BCUT2D eigenvalue weighted by molar-refractivity contribution is 7.98. The molecule has 4 aromatic rings. The third kappa shape index (κ3) is 8.46. The Morgan fingerprint density at radius 3 is 2.20 bits per heavy atom. The molecular weight excluding hydrogens is 607 g/mol. The van der Waals surface area contributed by atoms with E-state index in [4.69, 9.17) is 4.74 Å². The lowest BCUT2D eigenvalue weighted by Gasteiger charge is -2.34. The van der Waals surface area contributed by atoms with Gasteiger partial charge in [0, 0.05) is 24.9 Å². The van der Waals surface area contributed by atoms with Crippen molar-refractivity contribution in [1.29, 1.82) is 0 Å². The van der Waals surface area contributed by atoms with Crippen LogP contribution in [0.5, 0.6) is 5.75 Å². The molecule has 8 nitrogen and oxygen atoms in total. The van der Waals surface area contributed by atoms with Gasteiger partial charge in [-0.05, 0) is 67.6 Å². The third-order valence-electron chi connectivity index (χ3n) is 7.31. The van der Waals surface area contributed by atoms with Crippen LogP contribution in [0.1, 0.15) is 23.6 Å². The van der Waals surface area contributed by atoms with Crippen LogP contribution in [-0.2, 0) is 32.6 Å². The van der Waals surface area contributed by atoms with Crippen LogP contribution in [0.15, 0.2) is 113 Å². The van der Waals surface area contributed by atoms with Crippen LogP contribution in [-0.4, -0.2) is 57.6 Å². The quantitative estimate of drug-likeness (QED) is 0.177. The van der Waals surface area contributed by atoms with Crippen LogP contribution in [0.25, 0.3) is 0 Å². The molecule has 45 heavy (non-hydrogen) atoms. The van der Waals surface area contributed by atoms with Crippen molar-refractivity contribution in [3.05, 3.63) is 120 Å². The first-order valence-electron chi connectivity index (χ1n) is 14.7. The topological polar surface area (TPSA) is 96.0 Å². The summed E-state index contributed by atoms with van der Waals surface area (Å²) in [5.74, 6) is -0.553. The Balaban J connectivity index is 1.82. The molecule has 4 rings (SSSR count). The van der Waals surface area contributed by atoms with Gasteiger partial charge in [-0.3, -0.25) is 13.9 Å². The Labute approximate surface area is 270 Å². The molecule has 0 radical (unpaired) electrons. The van der Waals surface area contributed by atoms with Gasteiger partial charge in [0.25, 0.3) is 10.0 Å². The van der Waals surface area contributed by atoms with Crippen molar-refractivity contribution in [1.82, 2.24) is 10.2 Å². The summed E-state index contributed by atoms with van der Waals surface area (Å²) in [6.07, 6.45) is 2.16. The maximum Gasteiger partial charge on any atom is 0.264 e. The summed E-state index contributed by atoms with van der Waals surface area (Å²) in [4.78, 5) is 30.4. The average Bonchev–Trinajstić information content (AvgIpc) is 3.05. The molecule has 0 aliphatic rings. The van der Waals surface area contributed by atoms with E-state index in [0.717, 1.165) is 25.9 Å². The summed E-state index contributed by atoms with van der Waals surface area (Å²) in [5.41, 5.74) is 2.93. The van der Waals surface area contributed by atoms with Crippen molar-refractivity contribution >= 4 is 39.3 Å². The molecule has 0 saturated carbocycles. The molecule has 0 aromatic heterocycles. The number of sulfonamides is 1. The number of nitrogens with one attached hydrogen (secondary N) is 1. The Morgan fingerprint density at radius 1 is 0.889 bits per heavy atom. The zero-order valence-electron chi connectivity index (χ0n) is 26.0. The van der Waals surface area contributed by atoms with Crippen LogP contribution in [0.2, 0.25) is 0 Å². The maximum atomic E-state index is 14.5. The fourth-order valence-electron chi connectivity index (χ4n) is 5.06. The monoisotopic (exact) mass is 645 g/mol. The van der Waals surface area contributed by atoms with Crippen LogP contribution >= 0.6 is 11.8 Å². The van der Waals surface area contributed by atoms with Gasteiger partial charge in [0.15, 0.2) is 0 Å². The van der Waals surface area contributed by atoms with Gasteiger partial charge in [-0.25, -0.2) is 8.42 Å². The fourth-order valence-corrected chi connectivity index (χ4v) is 6.89. The zero-order valence-corrected chi connectivity index (χ0v) is 27.6. The van der Waals surface area contributed by atoms with Gasteiger partial charge in [-0.1, -0.05) is 72.3 Å². The van der Waals surface area contributed by atoms with Crippen molar-refractivity contribution in [2.75, 3.05) is 30.8 Å². The largest absolute Gasteiger partial charge is 0.492 e. The first-order valence-corrected chi connectivity index (χ1v) is 17.3. The van der Waals surface area contributed by atoms with Crippen LogP contribution in [0, 0.1) is 6.92 Å². The Bertz CT molecular complexity index is 1700. The highest BCUT2D eigenvalue weighted by atomic mass is 32.2. The van der Waals surface area contributed by atoms with E-state index < -0.39 is 28.5 Å². The highest BCUT2D eigenvalue weighted by Gasteiger charge is 2.35. The van der Waals surface area contributed by atoms with Crippen molar-refractivity contribution < 1.29 is 22.7 Å². The highest BCUT2D eigenvalue weighted by Crippen LogP contribution is 2.33. The van der Waals surface area contributed by atoms with Gasteiger partial charge in [0.1, 0.15) is 18.3 Å². The minimum atomic E-state index is -4.24. The predicted octanol–water partition coefficient (Wildman–Crippen LogP) is 5.70. The number of hydrogen-bond donors (Lipinski definition) is 1. The first kappa shape index (κ1) is 33.6. The Hall–Kier alpha value is -4.28. The molecule has 0 spiro atoms. The molecule has 0 aliphatic carbocycles. The molecule has 1 N–H and O–H groups in total. The summed E-state index contributed by atoms with van der Waals surface area (Å²) >= 11 is 1.50. The number of likely N-dealkylation sites (N-methyl/N-ethyl adjacent to an activating group) is 1. The van der Waals surface area contributed by atoms with Crippen molar-refractivity contribution in [2.45, 2.75) is 42.6 Å². The number of hydrogen-bond acceptors (Lipinski definition) is 6. The van der Waals surface area contributed by atoms with Gasteiger partial charge >= 0.3 is 0 Å². The van der Waals surface area contributed by atoms with E-state index >= 15 is 0 Å². The minimum absolute atomic E-state index is 0.0387. The number of thioether (sulfide) groups is 1. The molecule has 2 amide bonds. The van der Waals surface area contributed by atoms with E-state index in [1.807, 2.05) is 74.7 Å². The second-order valence-electron chi connectivity index (χ2n) is 10.4. The Morgan fingerprint density at radius 2 is 1.56 bits per heavy atom. The number of carbonyl (C=O) groups is 2. The van der Waals surface area contributed by atoms with Crippen LogP contribution in [0.3, 0.4) is 0 Å². The summed E-state index contributed by atoms with van der Waals surface area (Å²) in [6, 6.07) is 29.5. The normalized spacial score (nSPS) is 11.8. The first-order chi connectivity index (χ1) is 21.7. The van der Waals surface area contributed by atoms with E-state index in [-0.39, 0.29) is 29.5 Å². The lowest BCUT2D eigenvalue weighted by molar-refractivity contribution is -0.139. The van der Waals surface area contributed by atoms with Gasteiger partial charge in [0.05, 0.1) is 17.2 Å². The van der Waals surface area contributed by atoms with E-state index in [9.17, 15) is 18.0 Å². The predicted molar refractivity (Wildman–Crippen MR) is 180 cm³/mol. The van der Waals surface area contributed by atoms with Gasteiger partial charge < -0.3 is 15.0 Å². The molecule has 4 aromatic carbocycles. The van der Waals surface area contributed by atoms with Crippen LogP contribution < -0.4 is 14.4 Å². The van der Waals surface area contributed by atoms with E-state index in [2.05, 4.69) is 5.32 Å². The lowest BCUT2D eigenvalue weighted by atomic mass is 10.0. The number of nitrogens with zero attached hydrogens (tertiary/aromatic N) is 2. The summed E-state index contributed by atoms with van der Waals surface area (Å²) in [6.45, 7) is 3.62. The number of amides is 2. The number of carbonyl (C=O) groups excluding carboxylic acids is 2. The van der Waals surface area contributed by atoms with Gasteiger partial charge in [-0.2, -0.15) is 0 Å². The molecule has 0 unspecified atom stereocenters. The molecule has 0 saturated heterocycles. The van der Waals surface area contributed by atoms with Crippen molar-refractivity contribution in [3.63, 3.8) is 0 Å². The summed E-state index contributed by atoms with van der Waals surface area (Å²) in [7, 11) is -2.71. The van der Waals surface area contributed by atoms with E-state index in [1.54, 1.807) is 36.4 Å². The van der Waals surface area contributed by atoms with Crippen LogP contribution in [0.4, 0.5) is 5.69 Å². The number of aryl methyl sites for hydroxylation is 1. The standard InChI is InChI=1S/C35H39N3O5S2/c1-5-43-33-17-10-9-16-31(33)38(45(41,42)30-20-18-29(44-4)19-21-30)25-34(39)37(24-28-15-11-12-26(2)22-28)32(35(40)36-3)23-27-13-7-6-8-14-27/h6-22,32H,5,23-25H2,1-4H3,(H,36,40)/t32-/m0/s1. The fraction of sp³-hybridized carbons (Fsp3) is 0.257. The average molecular weight is 646 g/mol. The van der Waals surface area contributed by atoms with E-state index in [1.165, 1.54) is 35.8 Å². The minimum Gasteiger partial charge on any atom is -0.492 e. The maximum absolute atomic E-state index is 14.5. The van der Waals surface area contributed by atoms with E-state index in [0.29, 0.717) is 12.4 Å². The van der Waals surface area contributed by atoms with Crippen molar-refractivity contribution in [3.8, 4) is 5.75 Å². The second kappa shape index (κ2) is 15.6. The lowest BCUT2D eigenvalue weighted by Crippen LogP contribution is -2.53. The zero-order chi connectivity index (χ0) is 32.4. The molecule has 0 bridgehead atoms. The second-order valence-corrected chi connectivity index (χ2v) is 13.2. The number of ether oxygens (including phenoxy) is 1. The summed E-state index contributed by atoms with van der Waals surface area (Å²) < 4.78 is 35.5. The SMILES string of the molecule is CCOc1ccccc1N(CC(=O)N(Cc1cccc(C)c1)[C@@H](Cc1ccccc1)C(=O)NC)S(=O)(=O)c1ccc(SC)cc1. The molecule has 0 fully saturated rings. The third-order valence-corrected chi connectivity index (χ3v) is 9.83. The molecule has 236 valence electrons.